The number of hydrogen-bond donors (Lipinski definition) is 0. The van der Waals surface area contributed by atoms with Gasteiger partial charge < -0.3 is 9.30 Å². The Morgan fingerprint density at radius 3 is 2.47 bits per heavy atom. The third-order valence-electron chi connectivity index (χ3n) is 4.14. The average Bonchev–Trinajstić information content (AvgIpc) is 3.03. The Labute approximate surface area is 114 Å². The van der Waals surface area contributed by atoms with Crippen LogP contribution in [0.1, 0.15) is 23.7 Å². The zero-order chi connectivity index (χ0) is 13.3. The minimum absolute atomic E-state index is 0.0128. The molecule has 3 nitrogen and oxygen atoms in total. The van der Waals surface area contributed by atoms with Crippen LogP contribution in [0.2, 0.25) is 0 Å². The van der Waals surface area contributed by atoms with Crippen molar-refractivity contribution in [2.75, 3.05) is 13.7 Å². The van der Waals surface area contributed by atoms with Crippen molar-refractivity contribution in [3.05, 3.63) is 53.6 Å². The highest BCUT2D eigenvalue weighted by Crippen LogP contribution is 2.39. The van der Waals surface area contributed by atoms with Gasteiger partial charge in [-0.3, -0.25) is 0 Å². The summed E-state index contributed by atoms with van der Waals surface area (Å²) in [6.07, 6.45) is 6.15. The van der Waals surface area contributed by atoms with Gasteiger partial charge in [-0.15, -0.1) is 0 Å². The van der Waals surface area contributed by atoms with Crippen LogP contribution in [-0.2, 0) is 29.5 Å². The minimum Gasteiger partial charge on any atom is -0.384 e. The maximum absolute atomic E-state index is 5.51. The first-order valence-corrected chi connectivity index (χ1v) is 6.85. The molecule has 0 saturated carbocycles. The van der Waals surface area contributed by atoms with Gasteiger partial charge in [0, 0.05) is 25.3 Å². The Morgan fingerprint density at radius 2 is 1.95 bits per heavy atom. The van der Waals surface area contributed by atoms with Gasteiger partial charge in [-0.05, 0) is 30.9 Å². The number of aromatic nitrogens is 2. The lowest BCUT2D eigenvalue weighted by molar-refractivity contribution is 0.131. The fourth-order valence-electron chi connectivity index (χ4n) is 3.13. The van der Waals surface area contributed by atoms with E-state index in [-0.39, 0.29) is 5.41 Å². The molecule has 3 heteroatoms. The normalized spacial score (nSPS) is 16.5. The summed E-state index contributed by atoms with van der Waals surface area (Å²) in [4.78, 5) is 4.63. The van der Waals surface area contributed by atoms with E-state index in [1.165, 1.54) is 11.1 Å². The average molecular weight is 256 g/mol. The summed E-state index contributed by atoms with van der Waals surface area (Å²) in [6.45, 7) is 3.82. The summed E-state index contributed by atoms with van der Waals surface area (Å²) in [5.74, 6) is 0. The van der Waals surface area contributed by atoms with E-state index in [0.717, 1.165) is 31.7 Å². The van der Waals surface area contributed by atoms with Gasteiger partial charge in [0.15, 0.2) is 0 Å². The number of ether oxygens (including phenoxy) is 1. The van der Waals surface area contributed by atoms with Gasteiger partial charge in [0.2, 0.25) is 0 Å². The van der Waals surface area contributed by atoms with Crippen LogP contribution in [0.5, 0.6) is 0 Å². The highest BCUT2D eigenvalue weighted by molar-refractivity contribution is 5.40. The SMILES string of the molecule is CCn1cnc(C2(COC)Cc3ccccc3C2)c1. The molecular weight excluding hydrogens is 236 g/mol. The van der Waals surface area contributed by atoms with Crippen LogP contribution in [0, 0.1) is 0 Å². The van der Waals surface area contributed by atoms with Crippen molar-refractivity contribution in [2.24, 2.45) is 0 Å². The molecule has 1 aromatic carbocycles. The molecule has 1 aliphatic rings. The van der Waals surface area contributed by atoms with Crippen LogP contribution < -0.4 is 0 Å². The molecule has 0 spiro atoms. The van der Waals surface area contributed by atoms with Crippen LogP contribution in [0.3, 0.4) is 0 Å². The molecule has 100 valence electrons. The number of imidazole rings is 1. The Balaban J connectivity index is 1.98. The molecule has 1 aliphatic carbocycles. The fraction of sp³-hybridized carbons (Fsp3) is 0.438. The molecular formula is C16H20N2O. The van der Waals surface area contributed by atoms with E-state index >= 15 is 0 Å². The van der Waals surface area contributed by atoms with E-state index in [9.17, 15) is 0 Å². The fourth-order valence-corrected chi connectivity index (χ4v) is 3.13. The van der Waals surface area contributed by atoms with E-state index in [4.69, 9.17) is 4.74 Å². The second-order valence-electron chi connectivity index (χ2n) is 5.42. The van der Waals surface area contributed by atoms with E-state index < -0.39 is 0 Å². The number of rotatable bonds is 4. The lowest BCUT2D eigenvalue weighted by Crippen LogP contribution is -2.33. The van der Waals surface area contributed by atoms with Crippen molar-refractivity contribution < 1.29 is 4.74 Å². The van der Waals surface area contributed by atoms with Gasteiger partial charge in [0.25, 0.3) is 0 Å². The van der Waals surface area contributed by atoms with Gasteiger partial charge in [-0.25, -0.2) is 4.98 Å². The summed E-state index contributed by atoms with van der Waals surface area (Å²) in [5, 5.41) is 0. The van der Waals surface area contributed by atoms with E-state index in [1.807, 2.05) is 6.33 Å². The molecule has 0 radical (unpaired) electrons. The first-order chi connectivity index (χ1) is 9.27. The molecule has 0 unspecified atom stereocenters. The third-order valence-corrected chi connectivity index (χ3v) is 4.14. The molecule has 1 aromatic heterocycles. The third kappa shape index (κ3) is 2.08. The van der Waals surface area contributed by atoms with E-state index in [0.29, 0.717) is 0 Å². The predicted molar refractivity (Wildman–Crippen MR) is 75.3 cm³/mol. The molecule has 1 heterocycles. The van der Waals surface area contributed by atoms with E-state index in [1.54, 1.807) is 7.11 Å². The number of hydrogen-bond acceptors (Lipinski definition) is 2. The van der Waals surface area contributed by atoms with Gasteiger partial charge in [-0.1, -0.05) is 24.3 Å². The predicted octanol–water partition coefficient (Wildman–Crippen LogP) is 2.59. The standard InChI is InChI=1S/C16H20N2O/c1-3-18-10-15(17-12-18)16(11-19-2)8-13-6-4-5-7-14(13)9-16/h4-7,10,12H,3,8-9,11H2,1-2H3. The van der Waals surface area contributed by atoms with Crippen molar-refractivity contribution in [3.63, 3.8) is 0 Å². The first kappa shape index (κ1) is 12.4. The molecule has 0 aliphatic heterocycles. The molecule has 0 fully saturated rings. The lowest BCUT2D eigenvalue weighted by Gasteiger charge is -2.26. The number of nitrogens with zero attached hydrogens (tertiary/aromatic N) is 2. The molecule has 0 bridgehead atoms. The molecule has 19 heavy (non-hydrogen) atoms. The first-order valence-electron chi connectivity index (χ1n) is 6.85. The minimum atomic E-state index is 0.0128. The van der Waals surface area contributed by atoms with Gasteiger partial charge in [0.1, 0.15) is 0 Å². The van der Waals surface area contributed by atoms with E-state index in [2.05, 4.69) is 46.9 Å². The highest BCUT2D eigenvalue weighted by atomic mass is 16.5. The zero-order valence-corrected chi connectivity index (χ0v) is 11.6. The summed E-state index contributed by atoms with van der Waals surface area (Å²) in [5.41, 5.74) is 4.04. The summed E-state index contributed by atoms with van der Waals surface area (Å²) in [7, 11) is 1.78. The van der Waals surface area contributed by atoms with Crippen LogP contribution >= 0.6 is 0 Å². The number of methoxy groups -OCH3 is 1. The number of aryl methyl sites for hydroxylation is 1. The highest BCUT2D eigenvalue weighted by Gasteiger charge is 2.40. The Kier molecular flexibility index (Phi) is 3.15. The molecule has 0 atom stereocenters. The van der Waals surface area contributed by atoms with Crippen LogP contribution in [-0.4, -0.2) is 23.3 Å². The summed E-state index contributed by atoms with van der Waals surface area (Å²) < 4.78 is 7.64. The monoisotopic (exact) mass is 256 g/mol. The van der Waals surface area contributed by atoms with Crippen molar-refractivity contribution in [1.82, 2.24) is 9.55 Å². The molecule has 0 amide bonds. The summed E-state index contributed by atoms with van der Waals surface area (Å²) >= 11 is 0. The molecule has 3 rings (SSSR count). The Hall–Kier alpha value is -1.61. The van der Waals surface area contributed by atoms with Crippen LogP contribution in [0.15, 0.2) is 36.8 Å². The van der Waals surface area contributed by atoms with Crippen molar-refractivity contribution in [3.8, 4) is 0 Å². The second-order valence-corrected chi connectivity index (χ2v) is 5.42. The maximum Gasteiger partial charge on any atom is 0.0949 e. The summed E-state index contributed by atoms with van der Waals surface area (Å²) in [6, 6.07) is 8.69. The molecule has 2 aromatic rings. The smallest absolute Gasteiger partial charge is 0.0949 e. The quantitative estimate of drug-likeness (QED) is 0.840. The molecule has 0 N–H and O–H groups in total. The van der Waals surface area contributed by atoms with Gasteiger partial charge in [-0.2, -0.15) is 0 Å². The van der Waals surface area contributed by atoms with Crippen LogP contribution in [0.4, 0.5) is 0 Å². The Morgan fingerprint density at radius 1 is 1.26 bits per heavy atom. The largest absolute Gasteiger partial charge is 0.384 e. The second kappa shape index (κ2) is 4.82. The van der Waals surface area contributed by atoms with Crippen molar-refractivity contribution >= 4 is 0 Å². The van der Waals surface area contributed by atoms with Gasteiger partial charge in [0.05, 0.1) is 18.6 Å². The van der Waals surface area contributed by atoms with Crippen molar-refractivity contribution in [2.45, 2.75) is 31.7 Å². The number of fused-ring (bicyclic) bond motifs is 1. The maximum atomic E-state index is 5.51. The van der Waals surface area contributed by atoms with Crippen LogP contribution in [0.25, 0.3) is 0 Å². The number of benzene rings is 1. The van der Waals surface area contributed by atoms with Crippen molar-refractivity contribution in [1.29, 1.82) is 0 Å². The molecule has 0 saturated heterocycles. The topological polar surface area (TPSA) is 27.1 Å². The lowest BCUT2D eigenvalue weighted by atomic mass is 9.82. The zero-order valence-electron chi connectivity index (χ0n) is 11.6. The van der Waals surface area contributed by atoms with Gasteiger partial charge >= 0.3 is 0 Å². The Bertz CT molecular complexity index is 549.